The summed E-state index contributed by atoms with van der Waals surface area (Å²) < 4.78 is 0. The first kappa shape index (κ1) is 15.7. The van der Waals surface area contributed by atoms with Gasteiger partial charge in [-0.15, -0.1) is 0 Å². The van der Waals surface area contributed by atoms with Gasteiger partial charge in [0.2, 0.25) is 5.91 Å². The quantitative estimate of drug-likeness (QED) is 0.731. The number of amides is 2. The number of hydrazine groups is 1. The summed E-state index contributed by atoms with van der Waals surface area (Å²) in [5.74, 6) is -0.736. The monoisotopic (exact) mass is 298 g/mol. The largest absolute Gasteiger partial charge is 0.385 e. The zero-order valence-electron chi connectivity index (χ0n) is 12.2. The molecule has 0 bridgehead atoms. The molecule has 2 rings (SSSR count). The van der Waals surface area contributed by atoms with Gasteiger partial charge in [-0.05, 0) is 18.6 Å². The number of nitrogens with one attached hydrogen (secondary N) is 2. The number of allylic oxidation sites excluding steroid dienone is 2. The molecule has 1 atom stereocenters. The van der Waals surface area contributed by atoms with Crippen molar-refractivity contribution >= 4 is 11.8 Å². The second kappa shape index (κ2) is 7.38. The van der Waals surface area contributed by atoms with E-state index in [1.165, 1.54) is 12.2 Å². The number of hydrogen-bond acceptors (Lipinski definition) is 3. The van der Waals surface area contributed by atoms with Gasteiger partial charge in [0, 0.05) is 5.57 Å². The van der Waals surface area contributed by atoms with Crippen LogP contribution in [0.1, 0.15) is 11.1 Å². The Morgan fingerprint density at radius 1 is 1.23 bits per heavy atom. The summed E-state index contributed by atoms with van der Waals surface area (Å²) in [6, 6.07) is 7.62. The van der Waals surface area contributed by atoms with Crippen molar-refractivity contribution in [2.45, 2.75) is 19.4 Å². The van der Waals surface area contributed by atoms with Crippen molar-refractivity contribution in [2.24, 2.45) is 0 Å². The molecule has 1 aliphatic rings. The van der Waals surface area contributed by atoms with E-state index in [0.29, 0.717) is 5.57 Å². The Morgan fingerprint density at radius 2 is 2.05 bits per heavy atom. The molecule has 0 aliphatic heterocycles. The van der Waals surface area contributed by atoms with Gasteiger partial charge in [-0.25, -0.2) is 0 Å². The number of carbonyl (C=O) groups is 2. The Kier molecular flexibility index (Phi) is 5.27. The number of rotatable bonds is 3. The lowest BCUT2D eigenvalue weighted by Gasteiger charge is -2.08. The van der Waals surface area contributed by atoms with Crippen LogP contribution in [0.3, 0.4) is 0 Å². The van der Waals surface area contributed by atoms with E-state index in [1.54, 1.807) is 18.2 Å². The molecule has 0 spiro atoms. The average Bonchev–Trinajstić information content (AvgIpc) is 2.69. The van der Waals surface area contributed by atoms with Crippen molar-refractivity contribution in [1.29, 1.82) is 0 Å². The Bertz CT molecular complexity index is 660. The molecule has 5 heteroatoms. The summed E-state index contributed by atoms with van der Waals surface area (Å²) >= 11 is 0. The van der Waals surface area contributed by atoms with Gasteiger partial charge in [0.05, 0.1) is 12.5 Å². The van der Waals surface area contributed by atoms with Crippen LogP contribution in [0.5, 0.6) is 0 Å². The van der Waals surface area contributed by atoms with E-state index in [4.69, 9.17) is 0 Å². The third kappa shape index (κ3) is 4.71. The lowest BCUT2D eigenvalue weighted by atomic mass is 10.1. The molecule has 0 saturated heterocycles. The van der Waals surface area contributed by atoms with Gasteiger partial charge in [0.15, 0.2) is 0 Å². The number of benzene rings is 1. The van der Waals surface area contributed by atoms with E-state index in [0.717, 1.165) is 11.1 Å². The highest BCUT2D eigenvalue weighted by Gasteiger charge is 2.10. The molecular formula is C17H18N2O3. The number of aliphatic hydroxyl groups excluding tert-OH is 1. The van der Waals surface area contributed by atoms with E-state index in [1.807, 2.05) is 31.2 Å². The number of aryl methyl sites for hydroxylation is 1. The van der Waals surface area contributed by atoms with Crippen molar-refractivity contribution < 1.29 is 14.7 Å². The van der Waals surface area contributed by atoms with Crippen LogP contribution in [0.2, 0.25) is 0 Å². The highest BCUT2D eigenvalue weighted by molar-refractivity contribution is 5.97. The lowest BCUT2D eigenvalue weighted by molar-refractivity contribution is -0.126. The topological polar surface area (TPSA) is 78.4 Å². The van der Waals surface area contributed by atoms with Crippen molar-refractivity contribution in [3.8, 4) is 0 Å². The van der Waals surface area contributed by atoms with Crippen molar-refractivity contribution in [3.05, 3.63) is 71.3 Å². The third-order valence-corrected chi connectivity index (χ3v) is 3.08. The summed E-state index contributed by atoms with van der Waals surface area (Å²) in [4.78, 5) is 23.7. The molecule has 1 aliphatic carbocycles. The molecule has 1 aromatic carbocycles. The minimum Gasteiger partial charge on any atom is -0.385 e. The van der Waals surface area contributed by atoms with Crippen molar-refractivity contribution in [2.75, 3.05) is 0 Å². The summed E-state index contributed by atoms with van der Waals surface area (Å²) in [7, 11) is 0. The summed E-state index contributed by atoms with van der Waals surface area (Å²) in [5.41, 5.74) is 7.04. The number of carbonyl (C=O) groups excluding carboxylic acids is 2. The molecule has 0 saturated carbocycles. The van der Waals surface area contributed by atoms with Crippen LogP contribution in [0.15, 0.2) is 60.2 Å². The van der Waals surface area contributed by atoms with Gasteiger partial charge in [-0.1, -0.05) is 54.1 Å². The second-order valence-electron chi connectivity index (χ2n) is 5.02. The first-order chi connectivity index (χ1) is 10.5. The Morgan fingerprint density at radius 3 is 2.82 bits per heavy atom. The van der Waals surface area contributed by atoms with Crippen molar-refractivity contribution in [3.63, 3.8) is 0 Å². The van der Waals surface area contributed by atoms with Crippen LogP contribution in [-0.4, -0.2) is 23.0 Å². The Labute approximate surface area is 129 Å². The molecule has 5 nitrogen and oxygen atoms in total. The van der Waals surface area contributed by atoms with E-state index in [2.05, 4.69) is 10.9 Å². The third-order valence-electron chi connectivity index (χ3n) is 3.08. The maximum Gasteiger partial charge on any atom is 0.269 e. The molecule has 22 heavy (non-hydrogen) atoms. The minimum absolute atomic E-state index is 0.190. The highest BCUT2D eigenvalue weighted by Crippen LogP contribution is 2.06. The van der Waals surface area contributed by atoms with Gasteiger partial charge < -0.3 is 5.11 Å². The van der Waals surface area contributed by atoms with Gasteiger partial charge in [-0.3, -0.25) is 20.4 Å². The summed E-state index contributed by atoms with van der Waals surface area (Å²) in [5, 5.41) is 9.38. The fourth-order valence-electron chi connectivity index (χ4n) is 2.00. The molecule has 1 aromatic rings. The Hall–Kier alpha value is -2.66. The molecule has 0 aromatic heterocycles. The van der Waals surface area contributed by atoms with Gasteiger partial charge in [-0.2, -0.15) is 0 Å². The van der Waals surface area contributed by atoms with Crippen molar-refractivity contribution in [1.82, 2.24) is 10.9 Å². The number of hydrogen-bond donors (Lipinski definition) is 3. The number of aliphatic hydroxyl groups is 1. The first-order valence-electron chi connectivity index (χ1n) is 6.94. The van der Waals surface area contributed by atoms with Gasteiger partial charge in [0.25, 0.3) is 5.91 Å². The second-order valence-corrected chi connectivity index (χ2v) is 5.02. The lowest BCUT2D eigenvalue weighted by Crippen LogP contribution is -2.42. The molecule has 114 valence electrons. The minimum atomic E-state index is -0.711. The van der Waals surface area contributed by atoms with Crippen LogP contribution in [0.25, 0.3) is 0 Å². The SMILES string of the molecule is Cc1cccc(CC(=O)NNC(=O)C2=CC=CC(O)C=C2)c1. The predicted molar refractivity (Wildman–Crippen MR) is 83.5 cm³/mol. The molecular weight excluding hydrogens is 280 g/mol. The predicted octanol–water partition coefficient (Wildman–Crippen LogP) is 1.10. The van der Waals surface area contributed by atoms with Gasteiger partial charge in [0.1, 0.15) is 0 Å². The zero-order valence-corrected chi connectivity index (χ0v) is 12.2. The zero-order chi connectivity index (χ0) is 15.9. The molecule has 2 amide bonds. The maximum absolute atomic E-state index is 11.9. The van der Waals surface area contributed by atoms with Crippen LogP contribution >= 0.6 is 0 Å². The van der Waals surface area contributed by atoms with E-state index < -0.39 is 12.0 Å². The average molecular weight is 298 g/mol. The van der Waals surface area contributed by atoms with Crippen LogP contribution in [0, 0.1) is 6.92 Å². The molecule has 0 heterocycles. The Balaban J connectivity index is 1.86. The van der Waals surface area contributed by atoms with E-state index in [9.17, 15) is 14.7 Å². The van der Waals surface area contributed by atoms with E-state index >= 15 is 0 Å². The fourth-order valence-corrected chi connectivity index (χ4v) is 2.00. The summed E-state index contributed by atoms with van der Waals surface area (Å²) in [6.45, 7) is 1.95. The maximum atomic E-state index is 11.9. The first-order valence-corrected chi connectivity index (χ1v) is 6.94. The molecule has 0 fully saturated rings. The van der Waals surface area contributed by atoms with E-state index in [-0.39, 0.29) is 12.3 Å². The normalized spacial score (nSPS) is 16.6. The highest BCUT2D eigenvalue weighted by atomic mass is 16.3. The standard InChI is InChI=1S/C17H18N2O3/c1-12-4-2-5-13(10-12)11-16(21)18-19-17(22)14-6-3-7-15(20)9-8-14/h2-10,15,20H,11H2,1H3,(H,18,21)(H,19,22). The molecule has 1 unspecified atom stereocenters. The molecule has 3 N–H and O–H groups in total. The van der Waals surface area contributed by atoms with Gasteiger partial charge >= 0.3 is 0 Å². The van der Waals surface area contributed by atoms with Crippen LogP contribution < -0.4 is 10.9 Å². The smallest absolute Gasteiger partial charge is 0.269 e. The summed E-state index contributed by atoms with van der Waals surface area (Å²) in [6.07, 6.45) is 7.18. The van der Waals surface area contributed by atoms with Crippen LogP contribution in [0.4, 0.5) is 0 Å². The van der Waals surface area contributed by atoms with Crippen LogP contribution in [-0.2, 0) is 16.0 Å². The fraction of sp³-hybridized carbons (Fsp3) is 0.176. The molecule has 0 radical (unpaired) electrons.